The number of hydrogen-bond donors (Lipinski definition) is 1. The van der Waals surface area contributed by atoms with Crippen LogP contribution in [0.25, 0.3) is 0 Å². The fraction of sp³-hybridized carbons (Fsp3) is 0.318. The van der Waals surface area contributed by atoms with Crippen molar-refractivity contribution in [3.8, 4) is 23.0 Å². The van der Waals surface area contributed by atoms with Crippen LogP contribution in [0.4, 0.5) is 0 Å². The maximum atomic E-state index is 5.93. The number of benzene rings is 2. The molecule has 6 nitrogen and oxygen atoms in total. The molecule has 0 unspecified atom stereocenters. The third kappa shape index (κ3) is 4.64. The molecule has 0 bridgehead atoms. The molecule has 1 N–H and O–H groups in total. The third-order valence-electron chi connectivity index (χ3n) is 4.77. The number of nitrogens with one attached hydrogen (secondary N) is 1. The smallest absolute Gasteiger partial charge is 0.134 e. The number of ether oxygens (including phenoxy) is 3. The van der Waals surface area contributed by atoms with E-state index in [4.69, 9.17) is 14.2 Å². The van der Waals surface area contributed by atoms with Gasteiger partial charge in [-0.15, -0.1) is 0 Å². The van der Waals surface area contributed by atoms with Crippen molar-refractivity contribution in [3.63, 3.8) is 0 Å². The minimum absolute atomic E-state index is 0.671. The predicted octanol–water partition coefficient (Wildman–Crippen LogP) is 4.14. The zero-order chi connectivity index (χ0) is 20.1. The van der Waals surface area contributed by atoms with Crippen LogP contribution in [0, 0.1) is 13.8 Å². The molecular weight excluding hydrogens is 354 g/mol. The lowest BCUT2D eigenvalue weighted by Crippen LogP contribution is -2.13. The van der Waals surface area contributed by atoms with Crippen molar-refractivity contribution in [2.24, 2.45) is 7.05 Å². The van der Waals surface area contributed by atoms with E-state index in [-0.39, 0.29) is 0 Å². The molecule has 1 aromatic heterocycles. The van der Waals surface area contributed by atoms with E-state index in [2.05, 4.69) is 29.5 Å². The van der Waals surface area contributed by atoms with Crippen LogP contribution in [0.15, 0.2) is 42.5 Å². The Balaban J connectivity index is 1.59. The maximum Gasteiger partial charge on any atom is 0.134 e. The molecule has 0 aliphatic rings. The van der Waals surface area contributed by atoms with Gasteiger partial charge in [-0.2, -0.15) is 5.10 Å². The summed E-state index contributed by atoms with van der Waals surface area (Å²) < 4.78 is 18.4. The Morgan fingerprint density at radius 3 is 2.00 bits per heavy atom. The van der Waals surface area contributed by atoms with Gasteiger partial charge < -0.3 is 19.5 Å². The highest BCUT2D eigenvalue weighted by Gasteiger charge is 2.09. The fourth-order valence-corrected chi connectivity index (χ4v) is 3.06. The fourth-order valence-electron chi connectivity index (χ4n) is 3.06. The summed E-state index contributed by atoms with van der Waals surface area (Å²) in [7, 11) is 5.21. The number of aryl methyl sites for hydroxylation is 2. The summed E-state index contributed by atoms with van der Waals surface area (Å²) in [6.07, 6.45) is 0. The molecule has 0 amide bonds. The van der Waals surface area contributed by atoms with Crippen LogP contribution < -0.4 is 19.5 Å². The molecular formula is C22H27N3O3. The number of hydrogen-bond acceptors (Lipinski definition) is 5. The third-order valence-corrected chi connectivity index (χ3v) is 4.77. The highest BCUT2D eigenvalue weighted by molar-refractivity contribution is 5.44. The van der Waals surface area contributed by atoms with Crippen molar-refractivity contribution < 1.29 is 14.2 Å². The van der Waals surface area contributed by atoms with Gasteiger partial charge in [0.1, 0.15) is 23.0 Å². The van der Waals surface area contributed by atoms with Crippen LogP contribution in [0.2, 0.25) is 0 Å². The highest BCUT2D eigenvalue weighted by Crippen LogP contribution is 2.30. The number of rotatable bonds is 8. The normalized spacial score (nSPS) is 10.8. The molecule has 1 heterocycles. The summed E-state index contributed by atoms with van der Waals surface area (Å²) in [6, 6.07) is 13.5. The molecule has 28 heavy (non-hydrogen) atoms. The lowest BCUT2D eigenvalue weighted by molar-refractivity contribution is 0.386. The van der Waals surface area contributed by atoms with Crippen molar-refractivity contribution in [2.75, 3.05) is 14.2 Å². The van der Waals surface area contributed by atoms with Crippen LogP contribution >= 0.6 is 0 Å². The molecule has 0 spiro atoms. The van der Waals surface area contributed by atoms with E-state index < -0.39 is 0 Å². The van der Waals surface area contributed by atoms with Crippen molar-refractivity contribution in [1.29, 1.82) is 0 Å². The maximum absolute atomic E-state index is 5.93. The first-order valence-corrected chi connectivity index (χ1v) is 9.20. The van der Waals surface area contributed by atoms with Crippen LogP contribution in [0.1, 0.15) is 22.5 Å². The van der Waals surface area contributed by atoms with E-state index in [1.165, 1.54) is 16.8 Å². The van der Waals surface area contributed by atoms with Gasteiger partial charge in [-0.25, -0.2) is 0 Å². The van der Waals surface area contributed by atoms with E-state index >= 15 is 0 Å². The number of nitrogens with zero attached hydrogens (tertiary/aromatic N) is 2. The van der Waals surface area contributed by atoms with Gasteiger partial charge in [-0.05, 0) is 31.5 Å². The van der Waals surface area contributed by atoms with Crippen molar-refractivity contribution >= 4 is 0 Å². The van der Waals surface area contributed by atoms with Gasteiger partial charge in [-0.1, -0.05) is 12.1 Å². The molecule has 2 aromatic carbocycles. The lowest BCUT2D eigenvalue weighted by Gasteiger charge is -2.11. The SMILES string of the molecule is COc1cc(OC)cc(Oc2ccc(CNCc3c(C)nn(C)c3C)cc2)c1. The molecule has 3 aromatic rings. The number of methoxy groups -OCH3 is 2. The molecule has 0 fully saturated rings. The van der Waals surface area contributed by atoms with Crippen LogP contribution in [-0.2, 0) is 20.1 Å². The van der Waals surface area contributed by atoms with Gasteiger partial charge in [0.15, 0.2) is 0 Å². The highest BCUT2D eigenvalue weighted by atomic mass is 16.5. The lowest BCUT2D eigenvalue weighted by atomic mass is 10.2. The van der Waals surface area contributed by atoms with Gasteiger partial charge in [0.2, 0.25) is 0 Å². The van der Waals surface area contributed by atoms with E-state index in [1.807, 2.05) is 49.0 Å². The summed E-state index contributed by atoms with van der Waals surface area (Å²) >= 11 is 0. The monoisotopic (exact) mass is 381 g/mol. The second-order valence-electron chi connectivity index (χ2n) is 6.67. The zero-order valence-corrected chi connectivity index (χ0v) is 17.1. The Morgan fingerprint density at radius 1 is 0.857 bits per heavy atom. The molecule has 148 valence electrons. The molecule has 0 saturated heterocycles. The second kappa shape index (κ2) is 8.80. The van der Waals surface area contributed by atoms with Crippen molar-refractivity contribution in [2.45, 2.75) is 26.9 Å². The Bertz CT molecular complexity index is 911. The predicted molar refractivity (Wildman–Crippen MR) is 109 cm³/mol. The van der Waals surface area contributed by atoms with Crippen LogP contribution in [0.5, 0.6) is 23.0 Å². The van der Waals surface area contributed by atoms with Gasteiger partial charge in [-0.3, -0.25) is 4.68 Å². The molecule has 6 heteroatoms. The average molecular weight is 381 g/mol. The summed E-state index contributed by atoms with van der Waals surface area (Å²) in [5.41, 5.74) is 4.72. The van der Waals surface area contributed by atoms with Crippen molar-refractivity contribution in [1.82, 2.24) is 15.1 Å². The summed E-state index contributed by atoms with van der Waals surface area (Å²) in [4.78, 5) is 0. The van der Waals surface area contributed by atoms with E-state index in [0.717, 1.165) is 24.5 Å². The molecule has 0 radical (unpaired) electrons. The van der Waals surface area contributed by atoms with Crippen LogP contribution in [-0.4, -0.2) is 24.0 Å². The number of aromatic nitrogens is 2. The Labute approximate surface area is 166 Å². The summed E-state index contributed by atoms with van der Waals surface area (Å²) in [6.45, 7) is 5.72. The summed E-state index contributed by atoms with van der Waals surface area (Å²) in [5.74, 6) is 2.81. The minimum Gasteiger partial charge on any atom is -0.496 e. The molecule has 0 aliphatic carbocycles. The standard InChI is InChI=1S/C22H27N3O3/c1-15-22(16(2)25(3)24-15)14-23-13-17-6-8-18(9-7-17)28-21-11-19(26-4)10-20(12-21)27-5/h6-12,23H,13-14H2,1-5H3. The summed E-state index contributed by atoms with van der Waals surface area (Å²) in [5, 5.41) is 7.94. The Kier molecular flexibility index (Phi) is 6.21. The van der Waals surface area contributed by atoms with Crippen molar-refractivity contribution in [3.05, 3.63) is 65.0 Å². The van der Waals surface area contributed by atoms with E-state index in [9.17, 15) is 0 Å². The van der Waals surface area contributed by atoms with Crippen LogP contribution in [0.3, 0.4) is 0 Å². The first-order chi connectivity index (χ1) is 13.5. The topological polar surface area (TPSA) is 57.5 Å². The van der Waals surface area contributed by atoms with E-state index in [1.54, 1.807) is 14.2 Å². The molecule has 3 rings (SSSR count). The van der Waals surface area contributed by atoms with Gasteiger partial charge in [0, 0.05) is 49.6 Å². The Morgan fingerprint density at radius 2 is 1.46 bits per heavy atom. The first kappa shape index (κ1) is 19.8. The quantitative estimate of drug-likeness (QED) is 0.636. The van der Waals surface area contributed by atoms with Gasteiger partial charge in [0.25, 0.3) is 0 Å². The second-order valence-corrected chi connectivity index (χ2v) is 6.67. The average Bonchev–Trinajstić information content (AvgIpc) is 2.94. The minimum atomic E-state index is 0.671. The Hall–Kier alpha value is -2.99. The molecule has 0 atom stereocenters. The van der Waals surface area contributed by atoms with E-state index in [0.29, 0.717) is 17.2 Å². The largest absolute Gasteiger partial charge is 0.496 e. The molecule has 0 saturated carbocycles. The zero-order valence-electron chi connectivity index (χ0n) is 17.1. The first-order valence-electron chi connectivity index (χ1n) is 9.20. The van der Waals surface area contributed by atoms with Gasteiger partial charge >= 0.3 is 0 Å². The van der Waals surface area contributed by atoms with Gasteiger partial charge in [0.05, 0.1) is 19.9 Å². The molecule has 0 aliphatic heterocycles.